The Hall–Kier alpha value is -3.45. The minimum Gasteiger partial charge on any atom is -0.504 e. The summed E-state index contributed by atoms with van der Waals surface area (Å²) in [5.41, 5.74) is 1.86. The largest absolute Gasteiger partial charge is 0.504 e. The van der Waals surface area contributed by atoms with Crippen molar-refractivity contribution in [3.8, 4) is 28.6 Å². The number of carbonyl (C=O) groups excluding carboxylic acids is 1. The van der Waals surface area contributed by atoms with Crippen LogP contribution in [-0.2, 0) is 4.74 Å². The lowest BCUT2D eigenvalue weighted by atomic mass is 10.0. The van der Waals surface area contributed by atoms with Gasteiger partial charge in [0, 0.05) is 10.9 Å². The third kappa shape index (κ3) is 3.39. The van der Waals surface area contributed by atoms with Crippen molar-refractivity contribution < 1.29 is 33.6 Å². The van der Waals surface area contributed by atoms with Gasteiger partial charge in [0.25, 0.3) is 0 Å². The van der Waals surface area contributed by atoms with Gasteiger partial charge < -0.3 is 28.8 Å². The monoisotopic (exact) mass is 384 g/mol. The van der Waals surface area contributed by atoms with Crippen LogP contribution < -0.4 is 9.47 Å². The lowest BCUT2D eigenvalue weighted by Crippen LogP contribution is -2.02. The number of methoxy groups -OCH3 is 3. The number of fused-ring (bicyclic) bond motifs is 1. The molecule has 0 amide bonds. The fourth-order valence-electron chi connectivity index (χ4n) is 2.95. The molecule has 2 aromatic carbocycles. The maximum Gasteiger partial charge on any atom is 0.342 e. The van der Waals surface area contributed by atoms with Crippen LogP contribution in [0, 0.1) is 0 Å². The molecule has 0 bridgehead atoms. The molecular weight excluding hydrogens is 364 g/mol. The molecule has 2 N–H and O–H groups in total. The number of ether oxygens (including phenoxy) is 3. The molecule has 3 rings (SSSR count). The Labute approximate surface area is 161 Å². The number of aliphatic hydroxyl groups is 1. The minimum atomic E-state index is -0.578. The molecule has 0 aliphatic carbocycles. The number of aliphatic hydroxyl groups excluding tert-OH is 1. The van der Waals surface area contributed by atoms with Crippen molar-refractivity contribution in [2.24, 2.45) is 0 Å². The molecule has 7 heteroatoms. The summed E-state index contributed by atoms with van der Waals surface area (Å²) in [5, 5.41) is 19.4. The average Bonchev–Trinajstić information content (AvgIpc) is 3.10. The number of benzene rings is 2. The molecule has 0 spiro atoms. The number of hydrogen-bond donors (Lipinski definition) is 2. The van der Waals surface area contributed by atoms with E-state index in [4.69, 9.17) is 23.7 Å². The summed E-state index contributed by atoms with van der Waals surface area (Å²) < 4.78 is 21.5. The van der Waals surface area contributed by atoms with Crippen LogP contribution in [-0.4, -0.2) is 44.1 Å². The lowest BCUT2D eigenvalue weighted by molar-refractivity contribution is 0.0603. The summed E-state index contributed by atoms with van der Waals surface area (Å²) in [7, 11) is 4.22. The number of aromatic hydroxyl groups is 1. The standard InChI is InChI=1S/C21H20O7/c1-25-16-11-13(6-7-15(16)23)19-18(21(24)27-3)14-9-12(5-4-8-22)10-17(26-2)20(14)28-19/h4-7,9-11,22-23H,8H2,1-3H3/b5-4+. The van der Waals surface area contributed by atoms with Gasteiger partial charge in [-0.25, -0.2) is 4.79 Å². The molecule has 0 saturated carbocycles. The molecule has 0 aliphatic rings. The molecule has 0 fully saturated rings. The van der Waals surface area contributed by atoms with E-state index in [1.165, 1.54) is 27.4 Å². The molecule has 1 heterocycles. The Bertz CT molecular complexity index is 1050. The van der Waals surface area contributed by atoms with Gasteiger partial charge in [-0.1, -0.05) is 12.2 Å². The van der Waals surface area contributed by atoms with Gasteiger partial charge in [-0.2, -0.15) is 0 Å². The van der Waals surface area contributed by atoms with E-state index in [-0.39, 0.29) is 29.4 Å². The van der Waals surface area contributed by atoms with Gasteiger partial charge in [0.15, 0.2) is 22.8 Å². The van der Waals surface area contributed by atoms with Crippen LogP contribution in [0.2, 0.25) is 0 Å². The maximum atomic E-state index is 12.6. The second-order valence-corrected chi connectivity index (χ2v) is 5.87. The predicted octanol–water partition coefficient (Wildman–Crippen LogP) is 3.61. The quantitative estimate of drug-likeness (QED) is 0.626. The Morgan fingerprint density at radius 1 is 1.11 bits per heavy atom. The van der Waals surface area contributed by atoms with Gasteiger partial charge in [0.2, 0.25) is 0 Å². The van der Waals surface area contributed by atoms with Crippen molar-refractivity contribution in [3.05, 3.63) is 47.5 Å². The first-order valence-corrected chi connectivity index (χ1v) is 8.41. The van der Waals surface area contributed by atoms with Gasteiger partial charge >= 0.3 is 5.97 Å². The van der Waals surface area contributed by atoms with Crippen molar-refractivity contribution in [3.63, 3.8) is 0 Å². The second kappa shape index (κ2) is 8.06. The van der Waals surface area contributed by atoms with Crippen LogP contribution in [0.4, 0.5) is 0 Å². The Balaban J connectivity index is 2.34. The number of carbonyl (C=O) groups is 1. The highest BCUT2D eigenvalue weighted by atomic mass is 16.5. The molecule has 1 aromatic heterocycles. The number of phenols is 1. The number of hydrogen-bond acceptors (Lipinski definition) is 7. The number of phenolic OH excluding ortho intramolecular Hbond substituents is 1. The highest BCUT2D eigenvalue weighted by molar-refractivity contribution is 6.10. The van der Waals surface area contributed by atoms with E-state index in [0.29, 0.717) is 22.3 Å². The fourth-order valence-corrected chi connectivity index (χ4v) is 2.95. The van der Waals surface area contributed by atoms with Crippen LogP contribution in [0.3, 0.4) is 0 Å². The van der Waals surface area contributed by atoms with Crippen molar-refractivity contribution in [1.82, 2.24) is 0 Å². The van der Waals surface area contributed by atoms with Crippen LogP contribution >= 0.6 is 0 Å². The van der Waals surface area contributed by atoms with Crippen molar-refractivity contribution in [2.75, 3.05) is 27.9 Å². The van der Waals surface area contributed by atoms with E-state index < -0.39 is 5.97 Å². The molecule has 146 valence electrons. The Morgan fingerprint density at radius 2 is 1.86 bits per heavy atom. The summed E-state index contributed by atoms with van der Waals surface area (Å²) in [6.07, 6.45) is 3.28. The van der Waals surface area contributed by atoms with E-state index in [1.54, 1.807) is 36.4 Å². The molecule has 28 heavy (non-hydrogen) atoms. The maximum absolute atomic E-state index is 12.6. The molecule has 0 atom stereocenters. The topological polar surface area (TPSA) is 98.4 Å². The van der Waals surface area contributed by atoms with E-state index in [0.717, 1.165) is 5.56 Å². The molecule has 0 aliphatic heterocycles. The van der Waals surface area contributed by atoms with Crippen LogP contribution in [0.15, 0.2) is 40.8 Å². The summed E-state index contributed by atoms with van der Waals surface area (Å²) in [4.78, 5) is 12.6. The molecule has 3 aromatic rings. The first-order valence-electron chi connectivity index (χ1n) is 8.41. The third-order valence-electron chi connectivity index (χ3n) is 4.24. The van der Waals surface area contributed by atoms with Crippen LogP contribution in [0.5, 0.6) is 17.2 Å². The van der Waals surface area contributed by atoms with Gasteiger partial charge in [-0.05, 0) is 35.9 Å². The summed E-state index contributed by atoms with van der Waals surface area (Å²) >= 11 is 0. The number of esters is 1. The minimum absolute atomic E-state index is 0.0315. The van der Waals surface area contributed by atoms with Gasteiger partial charge in [0.1, 0.15) is 11.3 Å². The third-order valence-corrected chi connectivity index (χ3v) is 4.24. The lowest BCUT2D eigenvalue weighted by Gasteiger charge is -2.06. The first-order chi connectivity index (χ1) is 13.5. The van der Waals surface area contributed by atoms with E-state index >= 15 is 0 Å². The number of rotatable bonds is 6. The van der Waals surface area contributed by atoms with Crippen molar-refractivity contribution >= 4 is 23.0 Å². The molecule has 0 radical (unpaired) electrons. The SMILES string of the molecule is COC(=O)c1c(-c2ccc(O)c(OC)c2)oc2c(OC)cc(/C=C/CO)cc12. The highest BCUT2D eigenvalue weighted by Gasteiger charge is 2.26. The van der Waals surface area contributed by atoms with Crippen molar-refractivity contribution in [2.45, 2.75) is 0 Å². The smallest absolute Gasteiger partial charge is 0.342 e. The van der Waals surface area contributed by atoms with Crippen LogP contribution in [0.1, 0.15) is 15.9 Å². The second-order valence-electron chi connectivity index (χ2n) is 5.87. The van der Waals surface area contributed by atoms with Crippen molar-refractivity contribution in [1.29, 1.82) is 0 Å². The molecule has 7 nitrogen and oxygen atoms in total. The van der Waals surface area contributed by atoms with E-state index in [1.807, 2.05) is 0 Å². The zero-order chi connectivity index (χ0) is 20.3. The normalized spacial score (nSPS) is 11.1. The van der Waals surface area contributed by atoms with Gasteiger partial charge in [-0.3, -0.25) is 0 Å². The number of furan rings is 1. The van der Waals surface area contributed by atoms with Crippen LogP contribution in [0.25, 0.3) is 28.4 Å². The fraction of sp³-hybridized carbons (Fsp3) is 0.190. The Morgan fingerprint density at radius 3 is 2.50 bits per heavy atom. The van der Waals surface area contributed by atoms with E-state index in [9.17, 15) is 9.90 Å². The zero-order valence-electron chi connectivity index (χ0n) is 15.7. The molecule has 0 saturated heterocycles. The van der Waals surface area contributed by atoms with Gasteiger partial charge in [-0.15, -0.1) is 0 Å². The molecular formula is C21H20O7. The van der Waals surface area contributed by atoms with Gasteiger partial charge in [0.05, 0.1) is 27.9 Å². The molecule has 0 unspecified atom stereocenters. The first kappa shape index (κ1) is 19.3. The highest BCUT2D eigenvalue weighted by Crippen LogP contribution is 2.41. The summed E-state index contributed by atoms with van der Waals surface area (Å²) in [6, 6.07) is 8.12. The average molecular weight is 384 g/mol. The summed E-state index contributed by atoms with van der Waals surface area (Å²) in [5.74, 6) is 0.327. The van der Waals surface area contributed by atoms with E-state index in [2.05, 4.69) is 0 Å². The summed E-state index contributed by atoms with van der Waals surface area (Å²) in [6.45, 7) is -0.117. The predicted molar refractivity (Wildman–Crippen MR) is 104 cm³/mol. The zero-order valence-corrected chi connectivity index (χ0v) is 15.7. The Kier molecular flexibility index (Phi) is 5.56.